The maximum Gasteiger partial charge on any atom is 0.0999 e. The van der Waals surface area contributed by atoms with Crippen LogP contribution in [0.25, 0.3) is 122 Å². The zero-order valence-corrected chi connectivity index (χ0v) is 38.0. The second-order valence-corrected chi connectivity index (χ2v) is 17.8. The molecule has 3 heterocycles. The maximum absolute atomic E-state index is 11.4. The predicted molar refractivity (Wildman–Crippen MR) is 290 cm³/mol. The van der Waals surface area contributed by atoms with Crippen molar-refractivity contribution in [1.29, 1.82) is 5.26 Å². The van der Waals surface area contributed by atoms with E-state index in [1.54, 1.807) is 0 Å². The molecule has 4 heteroatoms. The van der Waals surface area contributed by atoms with E-state index in [0.717, 1.165) is 122 Å². The molecule has 0 spiro atoms. The molecule has 0 radical (unpaired) electrons. The van der Waals surface area contributed by atoms with Gasteiger partial charge in [-0.2, -0.15) is 5.26 Å². The van der Waals surface area contributed by atoms with E-state index in [-0.39, 0.29) is 0 Å². The van der Waals surface area contributed by atoms with Gasteiger partial charge in [0.1, 0.15) is 0 Å². The van der Waals surface area contributed by atoms with Crippen LogP contribution in [0.2, 0.25) is 0 Å². The number of nitrogens with zero attached hydrogens (tertiary/aromatic N) is 4. The van der Waals surface area contributed by atoms with E-state index < -0.39 is 0 Å². The quantitative estimate of drug-likeness (QED) is 0.153. The highest BCUT2D eigenvalue weighted by atomic mass is 15.1. The lowest BCUT2D eigenvalue weighted by atomic mass is 10.00. The van der Waals surface area contributed by atoms with Gasteiger partial charge in [-0.05, 0) is 93.0 Å². The van der Waals surface area contributed by atoms with Gasteiger partial charge in [0.25, 0.3) is 0 Å². The van der Waals surface area contributed by atoms with Crippen molar-refractivity contribution in [3.05, 3.63) is 260 Å². The van der Waals surface area contributed by atoms with Crippen LogP contribution in [-0.4, -0.2) is 14.1 Å². The first-order chi connectivity index (χ1) is 34.7. The summed E-state index contributed by atoms with van der Waals surface area (Å²) in [5.41, 5.74) is 18.8. The summed E-state index contributed by atoms with van der Waals surface area (Å²) in [6, 6.07) is 93.0. The molecule has 3 aromatic heterocycles. The summed E-state index contributed by atoms with van der Waals surface area (Å²) in [6.45, 7) is 0. The van der Waals surface area contributed by atoms with E-state index in [1.165, 1.54) is 0 Å². The molecule has 13 aromatic rings. The first-order valence-electron chi connectivity index (χ1n) is 23.7. The summed E-state index contributed by atoms with van der Waals surface area (Å²) in [5.74, 6) is 0. The van der Waals surface area contributed by atoms with Gasteiger partial charge in [0.15, 0.2) is 0 Å². The zero-order valence-electron chi connectivity index (χ0n) is 38.0. The Labute approximate surface area is 405 Å². The number of hydrogen-bond acceptors (Lipinski definition) is 2. The number of rotatable bonds is 8. The van der Waals surface area contributed by atoms with Gasteiger partial charge in [0, 0.05) is 32.7 Å². The van der Waals surface area contributed by atoms with Crippen molar-refractivity contribution in [2.75, 3.05) is 0 Å². The van der Waals surface area contributed by atoms with Gasteiger partial charge in [0.2, 0.25) is 0 Å². The zero-order chi connectivity index (χ0) is 46.5. The molecule has 0 saturated carbocycles. The van der Waals surface area contributed by atoms with Gasteiger partial charge in [-0.1, -0.05) is 206 Å². The van der Waals surface area contributed by atoms with Crippen LogP contribution in [0, 0.1) is 11.3 Å². The molecule has 4 nitrogen and oxygen atoms in total. The van der Waals surface area contributed by atoms with E-state index in [4.69, 9.17) is 4.98 Å². The van der Waals surface area contributed by atoms with Crippen LogP contribution in [0.5, 0.6) is 0 Å². The summed E-state index contributed by atoms with van der Waals surface area (Å²) in [4.78, 5) is 5.29. The van der Waals surface area contributed by atoms with Crippen LogP contribution >= 0.6 is 0 Å². The van der Waals surface area contributed by atoms with E-state index in [1.807, 2.05) is 36.4 Å². The van der Waals surface area contributed by atoms with Crippen LogP contribution in [0.15, 0.2) is 255 Å². The maximum atomic E-state index is 11.4. The average molecular weight is 891 g/mol. The molecule has 70 heavy (non-hydrogen) atoms. The van der Waals surface area contributed by atoms with Crippen molar-refractivity contribution in [3.8, 4) is 84.5 Å². The Bertz CT molecular complexity index is 3950. The fraction of sp³-hybridized carbons (Fsp3) is 0. The minimum atomic E-state index is 0.528. The Hall–Kier alpha value is -9.56. The topological polar surface area (TPSA) is 46.5 Å². The molecular weight excluding hydrogens is 849 g/mol. The lowest BCUT2D eigenvalue weighted by Gasteiger charge is -2.20. The van der Waals surface area contributed by atoms with Crippen molar-refractivity contribution in [2.45, 2.75) is 0 Å². The minimum Gasteiger partial charge on any atom is -0.307 e. The largest absolute Gasteiger partial charge is 0.307 e. The molecule has 0 N–H and O–H groups in total. The van der Waals surface area contributed by atoms with Crippen molar-refractivity contribution in [3.63, 3.8) is 0 Å². The summed E-state index contributed by atoms with van der Waals surface area (Å²) < 4.78 is 4.83. The molecule has 0 saturated heterocycles. The summed E-state index contributed by atoms with van der Waals surface area (Å²) in [6.07, 6.45) is 0. The number of benzene rings is 10. The summed E-state index contributed by atoms with van der Waals surface area (Å²) >= 11 is 0. The van der Waals surface area contributed by atoms with Crippen molar-refractivity contribution in [1.82, 2.24) is 14.1 Å². The van der Waals surface area contributed by atoms with Crippen molar-refractivity contribution < 1.29 is 0 Å². The molecule has 0 aliphatic rings. The second-order valence-electron chi connectivity index (χ2n) is 17.8. The Kier molecular flexibility index (Phi) is 9.85. The summed E-state index contributed by atoms with van der Waals surface area (Å²) in [5, 5.41) is 15.9. The molecule has 10 aromatic carbocycles. The summed E-state index contributed by atoms with van der Waals surface area (Å²) in [7, 11) is 0. The number of pyridine rings is 1. The minimum absolute atomic E-state index is 0.528. The van der Waals surface area contributed by atoms with E-state index >= 15 is 0 Å². The third-order valence-electron chi connectivity index (χ3n) is 13.8. The van der Waals surface area contributed by atoms with Gasteiger partial charge in [0.05, 0.1) is 56.5 Å². The van der Waals surface area contributed by atoms with Gasteiger partial charge in [-0.3, -0.25) is 0 Å². The van der Waals surface area contributed by atoms with Gasteiger partial charge in [-0.15, -0.1) is 0 Å². The lowest BCUT2D eigenvalue weighted by molar-refractivity contribution is 1.09. The van der Waals surface area contributed by atoms with E-state index in [0.29, 0.717) is 5.56 Å². The number of aromatic nitrogens is 3. The van der Waals surface area contributed by atoms with E-state index in [2.05, 4.69) is 234 Å². The number of nitriles is 1. The predicted octanol–water partition coefficient (Wildman–Crippen LogP) is 17.1. The Morgan fingerprint density at radius 1 is 0.286 bits per heavy atom. The van der Waals surface area contributed by atoms with Crippen LogP contribution in [-0.2, 0) is 0 Å². The van der Waals surface area contributed by atoms with Crippen LogP contribution in [0.3, 0.4) is 0 Å². The van der Waals surface area contributed by atoms with Gasteiger partial charge >= 0.3 is 0 Å². The molecular formula is C66H42N4. The molecule has 0 bridgehead atoms. The molecule has 0 aliphatic heterocycles. The molecule has 13 rings (SSSR count). The Morgan fingerprint density at radius 2 is 0.614 bits per heavy atom. The number of fused-ring (bicyclic) bond motifs is 6. The molecule has 0 fully saturated rings. The highest BCUT2D eigenvalue weighted by Gasteiger charge is 2.24. The molecule has 0 aliphatic carbocycles. The van der Waals surface area contributed by atoms with Crippen LogP contribution < -0.4 is 0 Å². The molecule has 0 atom stereocenters. The first kappa shape index (κ1) is 40.7. The number of hydrogen-bond donors (Lipinski definition) is 0. The van der Waals surface area contributed by atoms with Crippen molar-refractivity contribution >= 4 is 43.6 Å². The molecule has 0 amide bonds. The first-order valence-corrected chi connectivity index (χ1v) is 23.7. The Morgan fingerprint density at radius 3 is 0.971 bits per heavy atom. The van der Waals surface area contributed by atoms with Gasteiger partial charge in [-0.25, -0.2) is 4.98 Å². The van der Waals surface area contributed by atoms with E-state index in [9.17, 15) is 5.26 Å². The molecule has 0 unspecified atom stereocenters. The SMILES string of the molecule is N#Cc1cc(-n2c3cc(-c4ccccc4)ccc3c3ccc(-c4ccccc4)cc32)c(-n2c3cc(-c4ccccc4)ccc3c3ccc(-c4ccccc4)cc32)cc1-c1cccc(-c2ccccc2)n1. The van der Waals surface area contributed by atoms with Gasteiger partial charge < -0.3 is 9.13 Å². The fourth-order valence-corrected chi connectivity index (χ4v) is 10.4. The highest BCUT2D eigenvalue weighted by molar-refractivity contribution is 6.14. The standard InChI is InChI=1S/C66H42N4/c67-43-53-41-65(69-61-37-49(44-17-6-1-7-18-44)29-33-54(61)55-34-30-50(38-62(55)69)45-19-8-2-9-20-45)66(42-58(53)60-28-16-27-59(68-60)48-25-14-5-15-26-48)70-63-39-51(46-21-10-3-11-22-46)31-35-56(63)57-36-32-52(40-64(57)70)47-23-12-4-13-24-47/h1-42H. The monoisotopic (exact) mass is 890 g/mol. The van der Waals surface area contributed by atoms with Crippen LogP contribution in [0.1, 0.15) is 5.56 Å². The lowest BCUT2D eigenvalue weighted by Crippen LogP contribution is -2.06. The van der Waals surface area contributed by atoms with Crippen LogP contribution in [0.4, 0.5) is 0 Å². The van der Waals surface area contributed by atoms with Crippen molar-refractivity contribution in [2.24, 2.45) is 0 Å². The second kappa shape index (κ2) is 16.9. The third kappa shape index (κ3) is 6.96. The third-order valence-corrected chi connectivity index (χ3v) is 13.8. The smallest absolute Gasteiger partial charge is 0.0999 e. The fourth-order valence-electron chi connectivity index (χ4n) is 10.4. The normalized spacial score (nSPS) is 11.4. The average Bonchev–Trinajstić information content (AvgIpc) is 3.94. The molecule has 326 valence electrons. The highest BCUT2D eigenvalue weighted by Crippen LogP contribution is 2.44. The Balaban J connectivity index is 1.19.